The number of halogens is 1. The maximum Gasteiger partial charge on any atom is 0.325 e. The average Bonchev–Trinajstić information content (AvgIpc) is 3.69. The van der Waals surface area contributed by atoms with Crippen LogP contribution < -0.4 is 5.32 Å². The Balaban J connectivity index is 2.11. The number of amides is 2. The minimum atomic E-state index is -1.29. The number of esters is 2. The van der Waals surface area contributed by atoms with Crippen LogP contribution in [0.3, 0.4) is 0 Å². The van der Waals surface area contributed by atoms with Crippen LogP contribution in [0.15, 0.2) is 42.7 Å². The quantitative estimate of drug-likeness (QED) is 0.389. The van der Waals surface area contributed by atoms with Gasteiger partial charge in [-0.25, -0.2) is 0 Å². The van der Waals surface area contributed by atoms with E-state index in [-0.39, 0.29) is 13.0 Å². The predicted octanol–water partition coefficient (Wildman–Crippen LogP) is 2.67. The highest BCUT2D eigenvalue weighted by Crippen LogP contribution is 2.51. The van der Waals surface area contributed by atoms with Crippen molar-refractivity contribution in [2.45, 2.75) is 45.2 Å². The molecule has 0 spiro atoms. The van der Waals surface area contributed by atoms with E-state index in [1.807, 2.05) is 0 Å². The lowest BCUT2D eigenvalue weighted by molar-refractivity contribution is -0.154. The Bertz CT molecular complexity index is 1170. The smallest absolute Gasteiger partial charge is 0.325 e. The number of nitrogens with one attached hydrogen (secondary N) is 1. The van der Waals surface area contributed by atoms with E-state index in [9.17, 15) is 24.3 Å². The molecule has 1 aliphatic carbocycles. The first-order valence-corrected chi connectivity index (χ1v) is 12.6. The Morgan fingerprint density at radius 2 is 1.87 bits per heavy atom. The van der Waals surface area contributed by atoms with E-state index in [2.05, 4.69) is 10.3 Å². The first-order chi connectivity index (χ1) is 18.2. The normalized spacial score (nSPS) is 15.1. The van der Waals surface area contributed by atoms with Crippen LogP contribution in [-0.4, -0.2) is 65.6 Å². The fourth-order valence-corrected chi connectivity index (χ4v) is 4.51. The van der Waals surface area contributed by atoms with E-state index in [1.165, 1.54) is 18.2 Å². The van der Waals surface area contributed by atoms with E-state index >= 15 is 0 Å². The summed E-state index contributed by atoms with van der Waals surface area (Å²) in [6.07, 6.45) is 3.74. The maximum absolute atomic E-state index is 14.0. The van der Waals surface area contributed by atoms with Crippen molar-refractivity contribution in [2.75, 3.05) is 26.9 Å². The summed E-state index contributed by atoms with van der Waals surface area (Å²) in [4.78, 5) is 57.6. The van der Waals surface area contributed by atoms with Gasteiger partial charge in [-0.05, 0) is 56.0 Å². The summed E-state index contributed by atoms with van der Waals surface area (Å²) in [5.41, 5.74) is 0.603. The molecule has 0 radical (unpaired) electrons. The molecule has 11 heteroatoms. The fourth-order valence-electron chi connectivity index (χ4n) is 4.39. The standard InChI is InChI=1S/C27H32ClN3O7/c1-4-38-23(34)15-30-25(35)24(20-14-29-12-9-17(20)2)31(21(16-32)18-5-7-19(28)8-6-18)22(33)13-27(10-11-27)26(36)37-3/h5-9,12,14,21,24,32H,4,10-11,13,15-16H2,1-3H3,(H,30,35)/t21-,24?/m1/s1. The number of ether oxygens (including phenoxy) is 2. The number of carbonyl (C=O) groups is 4. The topological polar surface area (TPSA) is 135 Å². The second-order valence-electron chi connectivity index (χ2n) is 9.16. The zero-order valence-corrected chi connectivity index (χ0v) is 22.4. The SMILES string of the molecule is CCOC(=O)CNC(=O)C(c1cnccc1C)N(C(=O)CC1(C(=O)OC)CC1)[C@H](CO)c1ccc(Cl)cc1. The minimum absolute atomic E-state index is 0.142. The van der Waals surface area contributed by atoms with Crippen molar-refractivity contribution in [3.63, 3.8) is 0 Å². The van der Waals surface area contributed by atoms with E-state index < -0.39 is 54.4 Å². The molecule has 1 unspecified atom stereocenters. The van der Waals surface area contributed by atoms with Crippen LogP contribution in [-0.2, 0) is 28.7 Å². The molecule has 1 saturated carbocycles. The summed E-state index contributed by atoms with van der Waals surface area (Å²) in [5, 5.41) is 13.5. The molecule has 1 fully saturated rings. The third-order valence-corrected chi connectivity index (χ3v) is 6.88. The second kappa shape index (κ2) is 12.8. The van der Waals surface area contributed by atoms with Gasteiger partial charge in [-0.2, -0.15) is 0 Å². The number of pyridine rings is 1. The Labute approximate surface area is 226 Å². The third-order valence-electron chi connectivity index (χ3n) is 6.63. The first kappa shape index (κ1) is 29.1. The lowest BCUT2D eigenvalue weighted by Crippen LogP contribution is -2.48. The van der Waals surface area contributed by atoms with E-state index in [4.69, 9.17) is 21.1 Å². The number of aromatic nitrogens is 1. The number of hydrogen-bond acceptors (Lipinski definition) is 8. The summed E-state index contributed by atoms with van der Waals surface area (Å²) in [5.74, 6) is -2.35. The molecule has 204 valence electrons. The van der Waals surface area contributed by atoms with E-state index in [0.717, 1.165) is 0 Å². The van der Waals surface area contributed by atoms with Crippen LogP contribution in [0.2, 0.25) is 5.02 Å². The molecule has 10 nitrogen and oxygen atoms in total. The van der Waals surface area contributed by atoms with Crippen LogP contribution in [0.25, 0.3) is 0 Å². The monoisotopic (exact) mass is 545 g/mol. The number of hydrogen-bond donors (Lipinski definition) is 2. The van der Waals surface area contributed by atoms with Gasteiger partial charge in [0.1, 0.15) is 12.6 Å². The third kappa shape index (κ3) is 6.68. The predicted molar refractivity (Wildman–Crippen MR) is 138 cm³/mol. The lowest BCUT2D eigenvalue weighted by Gasteiger charge is -2.38. The van der Waals surface area contributed by atoms with Gasteiger partial charge >= 0.3 is 11.9 Å². The van der Waals surface area contributed by atoms with Crippen LogP contribution in [0.5, 0.6) is 0 Å². The number of nitrogens with zero attached hydrogens (tertiary/aromatic N) is 2. The average molecular weight is 546 g/mol. The molecule has 1 aromatic carbocycles. The van der Waals surface area contributed by atoms with Crippen molar-refractivity contribution < 1.29 is 33.8 Å². The number of carbonyl (C=O) groups excluding carboxylic acids is 4. The summed E-state index contributed by atoms with van der Waals surface area (Å²) in [6, 6.07) is 5.96. The highest BCUT2D eigenvalue weighted by molar-refractivity contribution is 6.30. The van der Waals surface area contributed by atoms with Crippen molar-refractivity contribution in [1.82, 2.24) is 15.2 Å². The van der Waals surface area contributed by atoms with Crippen LogP contribution in [0, 0.1) is 12.3 Å². The van der Waals surface area contributed by atoms with Gasteiger partial charge in [0.05, 0.1) is 31.8 Å². The number of aliphatic hydroxyl groups is 1. The van der Waals surface area contributed by atoms with Gasteiger partial charge in [-0.1, -0.05) is 23.7 Å². The Morgan fingerprint density at radius 3 is 2.42 bits per heavy atom. The lowest BCUT2D eigenvalue weighted by atomic mass is 9.94. The molecular weight excluding hydrogens is 514 g/mol. The van der Waals surface area contributed by atoms with Crippen molar-refractivity contribution in [2.24, 2.45) is 5.41 Å². The second-order valence-corrected chi connectivity index (χ2v) is 9.59. The summed E-state index contributed by atoms with van der Waals surface area (Å²) < 4.78 is 9.85. The first-order valence-electron chi connectivity index (χ1n) is 12.3. The molecule has 0 aliphatic heterocycles. The van der Waals surface area contributed by atoms with Gasteiger partial charge in [0.15, 0.2) is 0 Å². The Hall–Kier alpha value is -3.50. The molecule has 1 aromatic heterocycles. The van der Waals surface area contributed by atoms with E-state index in [0.29, 0.717) is 34.6 Å². The molecule has 2 atom stereocenters. The van der Waals surface area contributed by atoms with Crippen molar-refractivity contribution in [3.8, 4) is 0 Å². The number of rotatable bonds is 12. The molecule has 0 bridgehead atoms. The van der Waals surface area contributed by atoms with Gasteiger partial charge in [0.25, 0.3) is 0 Å². The molecule has 3 rings (SSSR count). The van der Waals surface area contributed by atoms with Gasteiger partial charge in [-0.3, -0.25) is 24.2 Å². The summed E-state index contributed by atoms with van der Waals surface area (Å²) in [7, 11) is 1.26. The van der Waals surface area contributed by atoms with Crippen molar-refractivity contribution >= 4 is 35.4 Å². The molecule has 0 saturated heterocycles. The summed E-state index contributed by atoms with van der Waals surface area (Å²) >= 11 is 6.06. The van der Waals surface area contributed by atoms with E-state index in [1.54, 1.807) is 50.4 Å². The molecule has 2 amide bonds. The van der Waals surface area contributed by atoms with Gasteiger partial charge < -0.3 is 24.8 Å². The maximum atomic E-state index is 14.0. The Morgan fingerprint density at radius 1 is 1.18 bits per heavy atom. The zero-order valence-electron chi connectivity index (χ0n) is 21.6. The number of aliphatic hydroxyl groups excluding tert-OH is 1. The highest BCUT2D eigenvalue weighted by atomic mass is 35.5. The molecule has 2 aromatic rings. The Kier molecular flexibility index (Phi) is 9.82. The van der Waals surface area contributed by atoms with Crippen molar-refractivity contribution in [3.05, 3.63) is 64.4 Å². The number of benzene rings is 1. The van der Waals surface area contributed by atoms with Crippen molar-refractivity contribution in [1.29, 1.82) is 0 Å². The fraction of sp³-hybridized carbons (Fsp3) is 0.444. The van der Waals surface area contributed by atoms with Crippen LogP contribution in [0.4, 0.5) is 0 Å². The minimum Gasteiger partial charge on any atom is -0.469 e. The molecule has 1 heterocycles. The van der Waals surface area contributed by atoms with Crippen LogP contribution >= 0.6 is 11.6 Å². The molecule has 1 aliphatic rings. The zero-order chi connectivity index (χ0) is 27.9. The van der Waals surface area contributed by atoms with Crippen LogP contribution in [0.1, 0.15) is 55.0 Å². The molecular formula is C27H32ClN3O7. The van der Waals surface area contributed by atoms with Gasteiger partial charge in [0, 0.05) is 29.4 Å². The number of aryl methyl sites for hydroxylation is 1. The summed E-state index contributed by atoms with van der Waals surface area (Å²) in [6.45, 7) is 2.61. The van der Waals surface area contributed by atoms with Gasteiger partial charge in [0.2, 0.25) is 11.8 Å². The largest absolute Gasteiger partial charge is 0.469 e. The highest BCUT2D eigenvalue weighted by Gasteiger charge is 2.54. The van der Waals surface area contributed by atoms with Gasteiger partial charge in [-0.15, -0.1) is 0 Å². The molecule has 2 N–H and O–H groups in total. The number of methoxy groups -OCH3 is 1. The molecule has 38 heavy (non-hydrogen) atoms.